The zero-order chi connectivity index (χ0) is 18.0. The standard InChI is InChI=1S/C24H16N2O/c1-26-20-12-5-4-11-19(20)25-24(26)18-10-6-9-17-22-16-8-3-2-7-15(16)13-14-21(22)27-23(17)18/h2-14H,1H3. The van der Waals surface area contributed by atoms with Crippen LogP contribution in [-0.4, -0.2) is 9.55 Å². The van der Waals surface area contributed by atoms with Crippen LogP contribution in [0.5, 0.6) is 0 Å². The molecule has 3 heteroatoms. The van der Waals surface area contributed by atoms with Crippen LogP contribution in [0.15, 0.2) is 83.3 Å². The zero-order valence-corrected chi connectivity index (χ0v) is 14.8. The lowest BCUT2D eigenvalue weighted by atomic mass is 10.0. The van der Waals surface area contributed by atoms with Gasteiger partial charge >= 0.3 is 0 Å². The van der Waals surface area contributed by atoms with Gasteiger partial charge < -0.3 is 8.98 Å². The number of imidazole rings is 1. The van der Waals surface area contributed by atoms with Crippen molar-refractivity contribution in [1.29, 1.82) is 0 Å². The summed E-state index contributed by atoms with van der Waals surface area (Å²) < 4.78 is 8.48. The van der Waals surface area contributed by atoms with E-state index in [2.05, 4.69) is 72.3 Å². The molecule has 3 nitrogen and oxygen atoms in total. The summed E-state index contributed by atoms with van der Waals surface area (Å²) in [5.74, 6) is 0.921. The number of hydrogen-bond donors (Lipinski definition) is 0. The van der Waals surface area contributed by atoms with Crippen LogP contribution in [0.2, 0.25) is 0 Å². The largest absolute Gasteiger partial charge is 0.455 e. The third-order valence-electron chi connectivity index (χ3n) is 5.42. The Morgan fingerprint density at radius 2 is 1.59 bits per heavy atom. The summed E-state index contributed by atoms with van der Waals surface area (Å²) in [5, 5.41) is 4.74. The van der Waals surface area contributed by atoms with Crippen LogP contribution < -0.4 is 0 Å². The van der Waals surface area contributed by atoms with Crippen LogP contribution in [0.1, 0.15) is 0 Å². The molecule has 4 aromatic carbocycles. The Morgan fingerprint density at radius 3 is 2.52 bits per heavy atom. The highest BCUT2D eigenvalue weighted by Gasteiger charge is 2.17. The normalized spacial score (nSPS) is 11.9. The molecule has 0 N–H and O–H groups in total. The fraction of sp³-hybridized carbons (Fsp3) is 0.0417. The smallest absolute Gasteiger partial charge is 0.146 e. The highest BCUT2D eigenvalue weighted by atomic mass is 16.3. The van der Waals surface area contributed by atoms with Crippen molar-refractivity contribution >= 4 is 43.7 Å². The molecule has 0 spiro atoms. The molecule has 0 atom stereocenters. The predicted molar refractivity (Wildman–Crippen MR) is 111 cm³/mol. The van der Waals surface area contributed by atoms with Gasteiger partial charge in [-0.25, -0.2) is 4.98 Å². The van der Waals surface area contributed by atoms with Crippen molar-refractivity contribution in [3.63, 3.8) is 0 Å². The number of aryl methyl sites for hydroxylation is 1. The topological polar surface area (TPSA) is 31.0 Å². The summed E-state index contributed by atoms with van der Waals surface area (Å²) >= 11 is 0. The van der Waals surface area contributed by atoms with Crippen molar-refractivity contribution in [2.24, 2.45) is 7.05 Å². The molecule has 0 aliphatic heterocycles. The van der Waals surface area contributed by atoms with Crippen LogP contribution in [-0.2, 0) is 7.05 Å². The maximum Gasteiger partial charge on any atom is 0.146 e. The average Bonchev–Trinajstić information content (AvgIpc) is 3.26. The molecule has 0 fully saturated rings. The van der Waals surface area contributed by atoms with Crippen molar-refractivity contribution < 1.29 is 4.42 Å². The van der Waals surface area contributed by atoms with Gasteiger partial charge in [0.15, 0.2) is 0 Å². The highest BCUT2D eigenvalue weighted by Crippen LogP contribution is 2.39. The number of hydrogen-bond acceptors (Lipinski definition) is 2. The van der Waals surface area contributed by atoms with Gasteiger partial charge in [-0.05, 0) is 35.0 Å². The van der Waals surface area contributed by atoms with E-state index >= 15 is 0 Å². The third-order valence-corrected chi connectivity index (χ3v) is 5.42. The van der Waals surface area contributed by atoms with E-state index in [1.807, 2.05) is 18.2 Å². The zero-order valence-electron chi connectivity index (χ0n) is 14.8. The summed E-state index contributed by atoms with van der Waals surface area (Å²) in [6.07, 6.45) is 0. The van der Waals surface area contributed by atoms with E-state index in [1.54, 1.807) is 0 Å². The van der Waals surface area contributed by atoms with Crippen LogP contribution in [0, 0.1) is 0 Å². The molecule has 2 aromatic heterocycles. The molecule has 27 heavy (non-hydrogen) atoms. The predicted octanol–water partition coefficient (Wildman–Crippen LogP) is 6.29. The van der Waals surface area contributed by atoms with Crippen molar-refractivity contribution in [1.82, 2.24) is 9.55 Å². The van der Waals surface area contributed by atoms with E-state index in [-0.39, 0.29) is 0 Å². The van der Waals surface area contributed by atoms with Crippen molar-refractivity contribution in [2.45, 2.75) is 0 Å². The molecular weight excluding hydrogens is 332 g/mol. The lowest BCUT2D eigenvalue weighted by Crippen LogP contribution is -1.92. The summed E-state index contributed by atoms with van der Waals surface area (Å²) in [4.78, 5) is 4.87. The molecule has 128 valence electrons. The molecule has 0 saturated heterocycles. The van der Waals surface area contributed by atoms with Crippen LogP contribution in [0.3, 0.4) is 0 Å². The lowest BCUT2D eigenvalue weighted by molar-refractivity contribution is 0.669. The van der Waals surface area contributed by atoms with Gasteiger partial charge in [0.2, 0.25) is 0 Å². The Morgan fingerprint density at radius 1 is 0.778 bits per heavy atom. The second kappa shape index (κ2) is 5.21. The van der Waals surface area contributed by atoms with Gasteiger partial charge in [0.1, 0.15) is 17.0 Å². The molecule has 0 amide bonds. The molecular formula is C24H16N2O. The first-order chi connectivity index (χ1) is 13.3. The molecule has 0 saturated carbocycles. The van der Waals surface area contributed by atoms with Crippen LogP contribution >= 0.6 is 0 Å². The summed E-state index contributed by atoms with van der Waals surface area (Å²) in [6.45, 7) is 0. The number of nitrogens with zero attached hydrogens (tertiary/aromatic N) is 2. The van der Waals surface area contributed by atoms with Gasteiger partial charge in [0.25, 0.3) is 0 Å². The average molecular weight is 348 g/mol. The number of para-hydroxylation sites is 3. The second-order valence-electron chi connectivity index (χ2n) is 6.93. The first-order valence-corrected chi connectivity index (χ1v) is 9.06. The van der Waals surface area contributed by atoms with Gasteiger partial charge in [0, 0.05) is 17.8 Å². The molecule has 0 aliphatic rings. The monoisotopic (exact) mass is 348 g/mol. The van der Waals surface area contributed by atoms with E-state index in [0.717, 1.165) is 39.0 Å². The van der Waals surface area contributed by atoms with Crippen molar-refractivity contribution in [2.75, 3.05) is 0 Å². The summed E-state index contributed by atoms with van der Waals surface area (Å²) in [6, 6.07) is 27.2. The van der Waals surface area contributed by atoms with Gasteiger partial charge in [-0.2, -0.15) is 0 Å². The first kappa shape index (κ1) is 14.6. The Bertz CT molecular complexity index is 1490. The summed E-state index contributed by atoms with van der Waals surface area (Å²) in [7, 11) is 2.06. The molecule has 6 aromatic rings. The molecule has 6 rings (SSSR count). The fourth-order valence-electron chi connectivity index (χ4n) is 4.13. The minimum atomic E-state index is 0.891. The first-order valence-electron chi connectivity index (χ1n) is 9.06. The Balaban J connectivity index is 1.75. The Hall–Kier alpha value is -3.59. The van der Waals surface area contributed by atoms with Gasteiger partial charge in [0.05, 0.1) is 16.6 Å². The summed E-state index contributed by atoms with van der Waals surface area (Å²) in [5.41, 5.74) is 4.93. The number of benzene rings is 4. The third kappa shape index (κ3) is 1.94. The van der Waals surface area contributed by atoms with Gasteiger partial charge in [-0.3, -0.25) is 0 Å². The van der Waals surface area contributed by atoms with Gasteiger partial charge in [-0.15, -0.1) is 0 Å². The minimum Gasteiger partial charge on any atom is -0.455 e. The van der Waals surface area contributed by atoms with E-state index in [9.17, 15) is 0 Å². The van der Waals surface area contributed by atoms with E-state index in [4.69, 9.17) is 9.40 Å². The van der Waals surface area contributed by atoms with E-state index in [0.29, 0.717) is 0 Å². The number of rotatable bonds is 1. The molecule has 0 unspecified atom stereocenters. The highest BCUT2D eigenvalue weighted by molar-refractivity contribution is 6.20. The maximum atomic E-state index is 6.34. The number of furan rings is 1. The van der Waals surface area contributed by atoms with Crippen molar-refractivity contribution in [3.05, 3.63) is 78.9 Å². The molecule has 0 aliphatic carbocycles. The lowest BCUT2D eigenvalue weighted by Gasteiger charge is -2.03. The molecule has 0 radical (unpaired) electrons. The maximum absolute atomic E-state index is 6.34. The number of fused-ring (bicyclic) bond motifs is 6. The van der Waals surface area contributed by atoms with E-state index in [1.165, 1.54) is 16.2 Å². The number of aromatic nitrogens is 2. The fourth-order valence-corrected chi connectivity index (χ4v) is 4.13. The van der Waals surface area contributed by atoms with Crippen LogP contribution in [0.25, 0.3) is 55.1 Å². The van der Waals surface area contributed by atoms with E-state index < -0.39 is 0 Å². The second-order valence-corrected chi connectivity index (χ2v) is 6.93. The van der Waals surface area contributed by atoms with Crippen LogP contribution in [0.4, 0.5) is 0 Å². The quantitative estimate of drug-likeness (QED) is 0.349. The van der Waals surface area contributed by atoms with Crippen molar-refractivity contribution in [3.8, 4) is 11.4 Å². The molecule has 2 heterocycles. The SMILES string of the molecule is Cn1c(-c2cccc3c2oc2ccc4ccccc4c23)nc2ccccc21. The Labute approximate surface area is 155 Å². The van der Waals surface area contributed by atoms with Gasteiger partial charge in [-0.1, -0.05) is 54.6 Å². The Kier molecular flexibility index (Phi) is 2.81. The minimum absolute atomic E-state index is 0.891. The molecule has 0 bridgehead atoms.